The second-order valence-corrected chi connectivity index (χ2v) is 7.53. The first-order valence-electron chi connectivity index (χ1n) is 6.64. The minimum atomic E-state index is -1.44. The normalized spacial score (nSPS) is 11.6. The number of hydrogen-bond donors (Lipinski definition) is 0. The first kappa shape index (κ1) is 16.6. The van der Waals surface area contributed by atoms with Crippen LogP contribution in [0.1, 0.15) is 0 Å². The van der Waals surface area contributed by atoms with Gasteiger partial charge in [-0.3, -0.25) is 0 Å². The van der Waals surface area contributed by atoms with Crippen LogP contribution in [0, 0.1) is 34.9 Å². The van der Waals surface area contributed by atoms with Crippen LogP contribution in [0.3, 0.4) is 0 Å². The zero-order chi connectivity index (χ0) is 17.9. The molecule has 0 saturated heterocycles. The summed E-state index contributed by atoms with van der Waals surface area (Å²) in [5, 5.41) is 4.76. The molecule has 0 bridgehead atoms. The van der Waals surface area contributed by atoms with Gasteiger partial charge >= 0.3 is 0 Å². The van der Waals surface area contributed by atoms with Gasteiger partial charge in [0.05, 0.1) is 9.75 Å². The number of thiophene rings is 3. The predicted octanol–water partition coefficient (Wildman–Crippen LogP) is 7.19. The van der Waals surface area contributed by atoms with Gasteiger partial charge in [-0.2, -0.15) is 11.3 Å². The molecule has 0 fully saturated rings. The van der Waals surface area contributed by atoms with Crippen molar-refractivity contribution in [1.82, 2.24) is 0 Å². The van der Waals surface area contributed by atoms with E-state index >= 15 is 0 Å². The number of rotatable bonds is 2. The van der Waals surface area contributed by atoms with Crippen molar-refractivity contribution in [2.75, 3.05) is 0 Å². The lowest BCUT2D eigenvalue weighted by atomic mass is 9.99. The first-order valence-corrected chi connectivity index (χ1v) is 9.34. The van der Waals surface area contributed by atoms with E-state index in [0.29, 0.717) is 22.7 Å². The third-order valence-electron chi connectivity index (χ3n) is 3.67. The van der Waals surface area contributed by atoms with Crippen LogP contribution in [0.15, 0.2) is 21.5 Å². The standard InChI is InChI=1S/C16H4F6S3/c17-7-3-24-15(11(7)19)9-5-1-23-2-6(5)10(14(22)13(9)21)16-12(20)8(18)4-25-16/h1-4H. The third-order valence-corrected chi connectivity index (χ3v) is 6.30. The van der Waals surface area contributed by atoms with Crippen molar-refractivity contribution in [2.24, 2.45) is 0 Å². The quantitative estimate of drug-likeness (QED) is 0.309. The Bertz CT molecular complexity index is 1030. The minimum Gasteiger partial charge on any atom is -0.203 e. The highest BCUT2D eigenvalue weighted by Gasteiger charge is 2.28. The highest BCUT2D eigenvalue weighted by Crippen LogP contribution is 2.46. The summed E-state index contributed by atoms with van der Waals surface area (Å²) in [4.78, 5) is -0.775. The van der Waals surface area contributed by atoms with E-state index in [2.05, 4.69) is 0 Å². The third kappa shape index (κ3) is 2.33. The molecule has 25 heavy (non-hydrogen) atoms. The molecular formula is C16H4F6S3. The van der Waals surface area contributed by atoms with Crippen LogP contribution in [0.5, 0.6) is 0 Å². The molecule has 0 aliphatic heterocycles. The van der Waals surface area contributed by atoms with Crippen LogP contribution < -0.4 is 0 Å². The number of halogens is 6. The van der Waals surface area contributed by atoms with Crippen molar-refractivity contribution in [1.29, 1.82) is 0 Å². The van der Waals surface area contributed by atoms with E-state index in [1.807, 2.05) is 0 Å². The second-order valence-electron chi connectivity index (χ2n) is 5.03. The van der Waals surface area contributed by atoms with Gasteiger partial charge in [-0.1, -0.05) is 0 Å². The van der Waals surface area contributed by atoms with E-state index < -0.39 is 46.0 Å². The Labute approximate surface area is 148 Å². The Morgan fingerprint density at radius 3 is 1.24 bits per heavy atom. The average molecular weight is 406 g/mol. The molecule has 0 N–H and O–H groups in total. The molecule has 1 aromatic carbocycles. The zero-order valence-corrected chi connectivity index (χ0v) is 14.3. The van der Waals surface area contributed by atoms with E-state index in [9.17, 15) is 26.3 Å². The molecule has 0 spiro atoms. The molecule has 4 rings (SSSR count). The van der Waals surface area contributed by atoms with Gasteiger partial charge in [-0.15, -0.1) is 22.7 Å². The van der Waals surface area contributed by atoms with Crippen LogP contribution in [-0.2, 0) is 0 Å². The highest BCUT2D eigenvalue weighted by molar-refractivity contribution is 7.14. The maximum absolute atomic E-state index is 14.7. The van der Waals surface area contributed by atoms with Crippen LogP contribution in [0.4, 0.5) is 26.3 Å². The van der Waals surface area contributed by atoms with E-state index in [4.69, 9.17) is 0 Å². The molecule has 3 heterocycles. The lowest BCUT2D eigenvalue weighted by Gasteiger charge is -2.10. The number of benzene rings is 1. The van der Waals surface area contributed by atoms with E-state index in [0.717, 1.165) is 22.1 Å². The van der Waals surface area contributed by atoms with Gasteiger partial charge in [0.15, 0.2) is 34.9 Å². The van der Waals surface area contributed by atoms with Gasteiger partial charge in [0, 0.05) is 32.7 Å². The lowest BCUT2D eigenvalue weighted by Crippen LogP contribution is -1.96. The number of hydrogen-bond acceptors (Lipinski definition) is 3. The Kier molecular flexibility index (Phi) is 3.89. The smallest absolute Gasteiger partial charge is 0.177 e. The van der Waals surface area contributed by atoms with E-state index in [1.165, 1.54) is 10.8 Å². The van der Waals surface area contributed by atoms with Crippen molar-refractivity contribution < 1.29 is 26.3 Å². The first-order chi connectivity index (χ1) is 11.9. The minimum absolute atomic E-state index is 0.104. The molecule has 0 radical (unpaired) electrons. The summed E-state index contributed by atoms with van der Waals surface area (Å²) in [6.45, 7) is 0. The fourth-order valence-corrected chi connectivity index (χ4v) is 5.08. The van der Waals surface area contributed by atoms with Crippen molar-refractivity contribution in [2.45, 2.75) is 0 Å². The van der Waals surface area contributed by atoms with E-state index in [-0.39, 0.29) is 20.5 Å². The van der Waals surface area contributed by atoms with Gasteiger partial charge < -0.3 is 0 Å². The molecular weight excluding hydrogens is 402 g/mol. The molecule has 4 aromatic rings. The van der Waals surface area contributed by atoms with Crippen LogP contribution in [0.25, 0.3) is 31.7 Å². The SMILES string of the molecule is Fc1csc(-c2c(F)c(F)c(-c3scc(F)c3F)c3cscc23)c1F. The van der Waals surface area contributed by atoms with Gasteiger partial charge in [0.2, 0.25) is 0 Å². The van der Waals surface area contributed by atoms with Gasteiger partial charge in [-0.05, 0) is 10.8 Å². The van der Waals surface area contributed by atoms with Gasteiger partial charge in [0.25, 0.3) is 0 Å². The van der Waals surface area contributed by atoms with Crippen molar-refractivity contribution in [3.05, 3.63) is 56.4 Å². The van der Waals surface area contributed by atoms with E-state index in [1.54, 1.807) is 0 Å². The van der Waals surface area contributed by atoms with Crippen molar-refractivity contribution >= 4 is 44.8 Å². The monoisotopic (exact) mass is 406 g/mol. The summed E-state index contributed by atoms with van der Waals surface area (Å²) in [7, 11) is 0. The van der Waals surface area contributed by atoms with Crippen LogP contribution in [0.2, 0.25) is 0 Å². The van der Waals surface area contributed by atoms with Gasteiger partial charge in [-0.25, -0.2) is 26.3 Å². The molecule has 0 aliphatic rings. The maximum Gasteiger partial charge on any atom is 0.177 e. The van der Waals surface area contributed by atoms with Gasteiger partial charge in [0.1, 0.15) is 0 Å². The molecule has 0 atom stereocenters. The van der Waals surface area contributed by atoms with Crippen LogP contribution >= 0.6 is 34.0 Å². The largest absolute Gasteiger partial charge is 0.203 e. The molecule has 0 nitrogen and oxygen atoms in total. The molecule has 0 amide bonds. The molecule has 9 heteroatoms. The van der Waals surface area contributed by atoms with Crippen molar-refractivity contribution in [3.8, 4) is 20.9 Å². The predicted molar refractivity (Wildman–Crippen MR) is 88.2 cm³/mol. The second kappa shape index (κ2) is 5.86. The molecule has 0 aliphatic carbocycles. The summed E-state index contributed by atoms with van der Waals surface area (Å²) < 4.78 is 83.9. The Morgan fingerprint density at radius 1 is 0.520 bits per heavy atom. The molecule has 128 valence electrons. The Hall–Kier alpha value is -1.84. The highest BCUT2D eigenvalue weighted by atomic mass is 32.1. The summed E-state index contributed by atoms with van der Waals surface area (Å²) >= 11 is 2.25. The summed E-state index contributed by atoms with van der Waals surface area (Å²) in [6.07, 6.45) is 0. The maximum atomic E-state index is 14.7. The number of fused-ring (bicyclic) bond motifs is 1. The summed E-state index contributed by atoms with van der Waals surface area (Å²) in [5.41, 5.74) is -0.859. The molecule has 0 saturated carbocycles. The fourth-order valence-electron chi connectivity index (χ4n) is 2.57. The average Bonchev–Trinajstić information content (AvgIpc) is 3.27. The van der Waals surface area contributed by atoms with Crippen LogP contribution in [-0.4, -0.2) is 0 Å². The fraction of sp³-hybridized carbons (Fsp3) is 0. The molecule has 0 unspecified atom stereocenters. The lowest BCUT2D eigenvalue weighted by molar-refractivity contribution is 0.505. The topological polar surface area (TPSA) is 0 Å². The van der Waals surface area contributed by atoms with Crippen molar-refractivity contribution in [3.63, 3.8) is 0 Å². The Morgan fingerprint density at radius 2 is 0.920 bits per heavy atom. The zero-order valence-electron chi connectivity index (χ0n) is 11.8. The molecule has 3 aromatic heterocycles. The Balaban J connectivity index is 2.12. The summed E-state index contributed by atoms with van der Waals surface area (Å²) in [6, 6.07) is 0. The summed E-state index contributed by atoms with van der Waals surface area (Å²) in [5.74, 6) is -7.77.